The fourth-order valence-corrected chi connectivity index (χ4v) is 4.06. The largest absolute Gasteiger partial charge is 0.394 e. The maximum atomic E-state index is 10.5. The Morgan fingerprint density at radius 3 is 1.39 bits per heavy atom. The molecule has 0 saturated carbocycles. The normalized spacial score (nSPS) is 37.1. The molecule has 0 aliphatic carbocycles. The van der Waals surface area contributed by atoms with Crippen LogP contribution in [0.3, 0.4) is 0 Å². The molecule has 0 aromatic heterocycles. The van der Waals surface area contributed by atoms with Gasteiger partial charge in [0.05, 0.1) is 33.0 Å². The highest BCUT2D eigenvalue weighted by atomic mass is 16.7. The predicted molar refractivity (Wildman–Crippen MR) is 141 cm³/mol. The molecule has 0 unspecified atom stereocenters. The van der Waals surface area contributed by atoms with Gasteiger partial charge >= 0.3 is 0 Å². The number of aldehydes is 1. The molecule has 0 spiro atoms. The Hall–Kier alpha value is -1.17. The molecule has 46 heavy (non-hydrogen) atoms. The summed E-state index contributed by atoms with van der Waals surface area (Å²) < 4.78 is 20.8. The summed E-state index contributed by atoms with van der Waals surface area (Å²) in [6.45, 7) is -3.58. The molecule has 2 aliphatic rings. The van der Waals surface area contributed by atoms with Gasteiger partial charge in [-0.25, -0.2) is 0 Å². The first kappa shape index (κ1) is 42.9. The maximum Gasteiger partial charge on any atom is 0.186 e. The maximum absolute atomic E-state index is 10.5. The minimum absolute atomic E-state index is 0.0623. The monoisotopic (exact) mass is 686 g/mol. The van der Waals surface area contributed by atoms with E-state index >= 15 is 0 Å². The Bertz CT molecular complexity index is 826. The topological polar surface area (TPSA) is 398 Å². The molecule has 22 nitrogen and oxygen atoms in total. The first-order valence-corrected chi connectivity index (χ1v) is 13.8. The van der Waals surface area contributed by atoms with Crippen molar-refractivity contribution in [2.24, 2.45) is 0 Å². The van der Waals surface area contributed by atoms with Crippen LogP contribution in [0, 0.1) is 0 Å². The van der Waals surface area contributed by atoms with E-state index in [1.165, 1.54) is 0 Å². The number of carbonyl (C=O) groups is 1. The first-order valence-electron chi connectivity index (χ1n) is 13.8. The molecule has 2 aliphatic heterocycles. The zero-order valence-corrected chi connectivity index (χ0v) is 24.1. The summed E-state index contributed by atoms with van der Waals surface area (Å²) in [6, 6.07) is 0. The van der Waals surface area contributed by atoms with Gasteiger partial charge in [-0.1, -0.05) is 0 Å². The standard InChI is InChI=1S/C18H32O16.C6H14O6/c19-1-5(21)9(23)10(24)6(22)3-31-17-16(30)14(28)12(26)8(34-17)4-32-18-15(29)13(27)11(25)7(2-20)33-18;7-1-3(9)5(11)6(12)4(10)2-8/h1,5-18,20-30H,2-4H2;3-12H,1-2H2/t5-,6+,7+,8+,9+,10+,11+,12+,13-,14-,15+,16+,17-,18-;3-,4-,5-,6-/m01/s1. The lowest BCUT2D eigenvalue weighted by atomic mass is 9.98. The van der Waals surface area contributed by atoms with Crippen molar-refractivity contribution in [3.8, 4) is 0 Å². The molecule has 17 N–H and O–H groups in total. The van der Waals surface area contributed by atoms with Crippen LogP contribution in [0.5, 0.6) is 0 Å². The first-order chi connectivity index (χ1) is 21.5. The van der Waals surface area contributed by atoms with Gasteiger partial charge in [-0.2, -0.15) is 0 Å². The van der Waals surface area contributed by atoms with E-state index in [9.17, 15) is 61.0 Å². The van der Waals surface area contributed by atoms with Crippen molar-refractivity contribution < 1.29 is 111 Å². The van der Waals surface area contributed by atoms with E-state index < -0.39 is 143 Å². The fraction of sp³-hybridized carbons (Fsp3) is 0.958. The SMILES string of the molecule is O=C[C@H](O)[C@@H](O)[C@H](O)[C@H](O)CO[C@H]1O[C@H](CO[C@H]2O[C@H](CO)[C@@H](O)[C@H](O)[C@H]2O)[C@@H](O)[C@H](O)[C@H]1O.OC[C@@H](O)[C@@H](O)[C@H](O)[C@H](O)CO. The van der Waals surface area contributed by atoms with Crippen molar-refractivity contribution in [3.63, 3.8) is 0 Å². The minimum Gasteiger partial charge on any atom is -0.394 e. The van der Waals surface area contributed by atoms with E-state index in [-0.39, 0.29) is 6.29 Å². The van der Waals surface area contributed by atoms with Crippen LogP contribution in [0.25, 0.3) is 0 Å². The third-order valence-corrected chi connectivity index (χ3v) is 7.12. The van der Waals surface area contributed by atoms with Crippen LogP contribution in [0.4, 0.5) is 0 Å². The Morgan fingerprint density at radius 1 is 0.543 bits per heavy atom. The van der Waals surface area contributed by atoms with Crippen LogP contribution < -0.4 is 0 Å². The molecule has 0 aromatic carbocycles. The molecule has 0 amide bonds. The van der Waals surface area contributed by atoms with Crippen molar-refractivity contribution in [1.29, 1.82) is 0 Å². The summed E-state index contributed by atoms with van der Waals surface area (Å²) >= 11 is 0. The van der Waals surface area contributed by atoms with Gasteiger partial charge in [0.15, 0.2) is 18.9 Å². The molecular formula is C24H46O22. The summed E-state index contributed by atoms with van der Waals surface area (Å²) in [6.07, 6.45) is -30.8. The second-order valence-electron chi connectivity index (χ2n) is 10.5. The van der Waals surface area contributed by atoms with Crippen molar-refractivity contribution in [1.82, 2.24) is 0 Å². The van der Waals surface area contributed by atoms with Gasteiger partial charge in [-0.15, -0.1) is 0 Å². The van der Waals surface area contributed by atoms with Crippen molar-refractivity contribution >= 4 is 6.29 Å². The van der Waals surface area contributed by atoms with E-state index in [1.807, 2.05) is 0 Å². The second kappa shape index (κ2) is 20.4. The lowest BCUT2D eigenvalue weighted by Gasteiger charge is -2.42. The van der Waals surface area contributed by atoms with E-state index in [1.54, 1.807) is 0 Å². The molecule has 0 radical (unpaired) electrons. The molecule has 0 aromatic rings. The lowest BCUT2D eigenvalue weighted by Crippen LogP contribution is -2.62. The zero-order chi connectivity index (χ0) is 35.5. The third-order valence-electron chi connectivity index (χ3n) is 7.12. The van der Waals surface area contributed by atoms with E-state index in [0.29, 0.717) is 0 Å². The van der Waals surface area contributed by atoms with Crippen LogP contribution in [-0.4, -0.2) is 236 Å². The smallest absolute Gasteiger partial charge is 0.186 e. The predicted octanol–water partition coefficient (Wildman–Crippen LogP) is -11.3. The zero-order valence-electron chi connectivity index (χ0n) is 24.1. The van der Waals surface area contributed by atoms with Gasteiger partial charge in [0, 0.05) is 0 Å². The average Bonchev–Trinajstić information content (AvgIpc) is 3.06. The van der Waals surface area contributed by atoms with Gasteiger partial charge < -0.3 is 111 Å². The van der Waals surface area contributed by atoms with Gasteiger partial charge in [0.1, 0.15) is 97.7 Å². The summed E-state index contributed by atoms with van der Waals surface area (Å²) in [7, 11) is 0. The number of aliphatic hydroxyl groups is 17. The number of carbonyl (C=O) groups excluding carboxylic acids is 1. The Balaban J connectivity index is 0.000000745. The molecule has 2 heterocycles. The molecule has 22 heteroatoms. The number of aliphatic hydroxyl groups excluding tert-OH is 17. The van der Waals surface area contributed by atoms with Crippen molar-refractivity contribution in [2.75, 3.05) is 33.0 Å². The molecule has 2 saturated heterocycles. The van der Waals surface area contributed by atoms with Crippen molar-refractivity contribution in [3.05, 3.63) is 0 Å². The van der Waals surface area contributed by atoms with Crippen LogP contribution in [0.2, 0.25) is 0 Å². The Labute approximate surface area is 260 Å². The highest BCUT2D eigenvalue weighted by Crippen LogP contribution is 2.26. The molecule has 2 fully saturated rings. The Kier molecular flexibility index (Phi) is 19.0. The lowest BCUT2D eigenvalue weighted by molar-refractivity contribution is -0.333. The third kappa shape index (κ3) is 11.5. The number of ether oxygens (including phenoxy) is 4. The molecule has 0 bridgehead atoms. The van der Waals surface area contributed by atoms with Gasteiger partial charge in [-0.3, -0.25) is 0 Å². The summed E-state index contributed by atoms with van der Waals surface area (Å²) in [4.78, 5) is 10.5. The molecule has 18 atom stereocenters. The summed E-state index contributed by atoms with van der Waals surface area (Å²) in [5, 5.41) is 160. The highest BCUT2D eigenvalue weighted by Gasteiger charge is 2.47. The highest BCUT2D eigenvalue weighted by molar-refractivity contribution is 5.56. The van der Waals surface area contributed by atoms with Crippen LogP contribution in [0.15, 0.2) is 0 Å². The summed E-state index contributed by atoms with van der Waals surface area (Å²) in [5.41, 5.74) is 0. The minimum atomic E-state index is -2.04. The van der Waals surface area contributed by atoms with Crippen LogP contribution in [-0.2, 0) is 23.7 Å². The van der Waals surface area contributed by atoms with E-state index in [4.69, 9.17) is 49.6 Å². The Morgan fingerprint density at radius 2 is 0.957 bits per heavy atom. The molecular weight excluding hydrogens is 640 g/mol. The van der Waals surface area contributed by atoms with Crippen LogP contribution in [0.1, 0.15) is 0 Å². The summed E-state index contributed by atoms with van der Waals surface area (Å²) in [5.74, 6) is 0. The van der Waals surface area contributed by atoms with Gasteiger partial charge in [0.2, 0.25) is 0 Å². The van der Waals surface area contributed by atoms with Gasteiger partial charge in [0.25, 0.3) is 0 Å². The fourth-order valence-electron chi connectivity index (χ4n) is 4.06. The number of hydrogen-bond acceptors (Lipinski definition) is 22. The molecule has 274 valence electrons. The van der Waals surface area contributed by atoms with Crippen molar-refractivity contribution in [2.45, 2.75) is 110 Å². The number of hydrogen-bond donors (Lipinski definition) is 17. The van der Waals surface area contributed by atoms with Crippen LogP contribution >= 0.6 is 0 Å². The second-order valence-corrected chi connectivity index (χ2v) is 10.5. The average molecular weight is 687 g/mol. The van der Waals surface area contributed by atoms with E-state index in [2.05, 4.69) is 0 Å². The quantitative estimate of drug-likeness (QED) is 0.0670. The molecule has 2 rings (SSSR count). The van der Waals surface area contributed by atoms with Gasteiger partial charge in [-0.05, 0) is 0 Å². The van der Waals surface area contributed by atoms with E-state index in [0.717, 1.165) is 0 Å². The number of rotatable bonds is 16.